The normalized spacial score (nSPS) is 15.3. The van der Waals surface area contributed by atoms with Gasteiger partial charge in [0.05, 0.1) is 6.84 Å². The van der Waals surface area contributed by atoms with Crippen molar-refractivity contribution < 1.29 is 8.78 Å². The fourth-order valence-corrected chi connectivity index (χ4v) is 2.57. The Morgan fingerprint density at radius 2 is 1.00 bits per heavy atom. The Bertz CT molecular complexity index is 126. The maximum absolute atomic E-state index is 13.4. The van der Waals surface area contributed by atoms with Crippen LogP contribution in [-0.2, 0) is 0 Å². The summed E-state index contributed by atoms with van der Waals surface area (Å²) in [6, 6.07) is 0. The molecule has 0 amide bonds. The largest absolute Gasteiger partial charge is 0.275 e. The van der Waals surface area contributed by atoms with Gasteiger partial charge in [0, 0.05) is 0 Å². The first-order valence-electron chi connectivity index (χ1n) is 3.26. The molecule has 0 aromatic carbocycles. The predicted molar refractivity (Wildman–Crippen MR) is 61.1 cm³/mol. The summed E-state index contributed by atoms with van der Waals surface area (Å²) in [5.74, 6) is -2.65. The summed E-state index contributed by atoms with van der Waals surface area (Å²) in [5.41, 5.74) is 0. The molecule has 0 radical (unpaired) electrons. The molecule has 0 rings (SSSR count). The maximum Gasteiger partial charge on any atom is 0.275 e. The lowest BCUT2D eigenvalue weighted by atomic mass is 9.95. The highest BCUT2D eigenvalue weighted by molar-refractivity contribution is 14.1. The fraction of sp³-hybridized carbons (Fsp3) is 1.00. The smallest absolute Gasteiger partial charge is 0.204 e. The van der Waals surface area contributed by atoms with Crippen molar-refractivity contribution in [3.05, 3.63) is 0 Å². The second-order valence-corrected chi connectivity index (χ2v) is 8.91. The third kappa shape index (κ3) is 2.63. The molecule has 0 aromatic heterocycles. The zero-order valence-electron chi connectivity index (χ0n) is 7.01. The Morgan fingerprint density at radius 3 is 1.00 bits per heavy atom. The van der Waals surface area contributed by atoms with Crippen LogP contribution in [0.3, 0.4) is 0 Å². The SMILES string of the molecule is CC(C)(I)C(F)(F)C(C)(C)I. The molecule has 0 unspecified atom stereocenters. The molecule has 0 fully saturated rings. The molecule has 11 heavy (non-hydrogen) atoms. The van der Waals surface area contributed by atoms with Crippen molar-refractivity contribution in [2.45, 2.75) is 40.5 Å². The average molecular weight is 388 g/mol. The van der Waals surface area contributed by atoms with Crippen molar-refractivity contribution in [2.75, 3.05) is 0 Å². The lowest BCUT2D eigenvalue weighted by molar-refractivity contribution is -0.0438. The molecule has 0 saturated heterocycles. The van der Waals surface area contributed by atoms with Crippen LogP contribution in [0.1, 0.15) is 27.7 Å². The number of hydrogen-bond donors (Lipinski definition) is 0. The Hall–Kier alpha value is 1.32. The first kappa shape index (κ1) is 12.3. The summed E-state index contributed by atoms with van der Waals surface area (Å²) >= 11 is 3.58. The van der Waals surface area contributed by atoms with Crippen LogP contribution < -0.4 is 0 Å². The summed E-state index contributed by atoms with van der Waals surface area (Å²) in [4.78, 5) is 0. The first-order valence-corrected chi connectivity index (χ1v) is 5.41. The highest BCUT2D eigenvalue weighted by Gasteiger charge is 2.55. The van der Waals surface area contributed by atoms with E-state index in [1.54, 1.807) is 72.9 Å². The van der Waals surface area contributed by atoms with E-state index in [1.165, 1.54) is 0 Å². The van der Waals surface area contributed by atoms with Crippen molar-refractivity contribution in [1.29, 1.82) is 0 Å². The summed E-state index contributed by atoms with van der Waals surface area (Å²) in [7, 11) is 0. The Morgan fingerprint density at radius 1 is 0.818 bits per heavy atom. The van der Waals surface area contributed by atoms with Gasteiger partial charge in [-0.05, 0) is 27.7 Å². The molecule has 0 aromatic rings. The van der Waals surface area contributed by atoms with E-state index >= 15 is 0 Å². The maximum atomic E-state index is 13.4. The lowest BCUT2D eigenvalue weighted by Gasteiger charge is -2.37. The van der Waals surface area contributed by atoms with E-state index in [2.05, 4.69) is 0 Å². The van der Waals surface area contributed by atoms with Crippen molar-refractivity contribution in [3.8, 4) is 0 Å². The van der Waals surface area contributed by atoms with Gasteiger partial charge in [-0.1, -0.05) is 45.2 Å². The molecular weight excluding hydrogens is 376 g/mol. The summed E-state index contributed by atoms with van der Waals surface area (Å²) in [5, 5.41) is 0. The molecule has 68 valence electrons. The van der Waals surface area contributed by atoms with E-state index in [-0.39, 0.29) is 0 Å². The Balaban J connectivity index is 4.75. The van der Waals surface area contributed by atoms with E-state index in [0.717, 1.165) is 0 Å². The molecule has 0 spiro atoms. The number of rotatable bonds is 2. The molecule has 0 N–H and O–H groups in total. The minimum Gasteiger partial charge on any atom is -0.204 e. The van der Waals surface area contributed by atoms with E-state index < -0.39 is 12.8 Å². The molecule has 0 saturated carbocycles. The molecule has 0 nitrogen and oxygen atoms in total. The highest BCUT2D eigenvalue weighted by atomic mass is 127. The van der Waals surface area contributed by atoms with Crippen LogP contribution in [0.2, 0.25) is 0 Å². The van der Waals surface area contributed by atoms with Gasteiger partial charge in [-0.3, -0.25) is 0 Å². The average Bonchev–Trinajstić information content (AvgIpc) is 1.58. The quantitative estimate of drug-likeness (QED) is 0.495. The van der Waals surface area contributed by atoms with Crippen LogP contribution >= 0.6 is 45.2 Å². The van der Waals surface area contributed by atoms with Crippen LogP contribution in [0.25, 0.3) is 0 Å². The van der Waals surface area contributed by atoms with Crippen LogP contribution in [-0.4, -0.2) is 12.8 Å². The van der Waals surface area contributed by atoms with E-state index in [1.807, 2.05) is 0 Å². The van der Waals surface area contributed by atoms with Crippen molar-refractivity contribution in [2.24, 2.45) is 0 Å². The zero-order chi connectivity index (χ0) is 9.50. The molecule has 0 aliphatic carbocycles. The number of alkyl halides is 4. The second kappa shape index (κ2) is 3.23. The third-order valence-electron chi connectivity index (χ3n) is 1.49. The van der Waals surface area contributed by atoms with Gasteiger partial charge in [-0.25, -0.2) is 8.78 Å². The molecule has 4 heteroatoms. The van der Waals surface area contributed by atoms with Crippen molar-refractivity contribution in [1.82, 2.24) is 0 Å². The van der Waals surface area contributed by atoms with Crippen LogP contribution in [0.15, 0.2) is 0 Å². The van der Waals surface area contributed by atoms with Crippen LogP contribution in [0.4, 0.5) is 8.78 Å². The topological polar surface area (TPSA) is 0 Å². The third-order valence-corrected chi connectivity index (χ3v) is 2.85. The Labute approximate surface area is 93.8 Å². The summed E-state index contributed by atoms with van der Waals surface area (Å²) < 4.78 is 24.9. The lowest BCUT2D eigenvalue weighted by Crippen LogP contribution is -2.50. The zero-order valence-corrected chi connectivity index (χ0v) is 11.3. The predicted octanol–water partition coefficient (Wildman–Crippen LogP) is 4.05. The van der Waals surface area contributed by atoms with Gasteiger partial charge >= 0.3 is 0 Å². The molecule has 0 atom stereocenters. The van der Waals surface area contributed by atoms with Gasteiger partial charge in [-0.15, -0.1) is 0 Å². The van der Waals surface area contributed by atoms with Gasteiger partial charge < -0.3 is 0 Å². The molecule has 0 aliphatic heterocycles. The van der Waals surface area contributed by atoms with E-state index in [0.29, 0.717) is 0 Å². The van der Waals surface area contributed by atoms with Gasteiger partial charge in [0.15, 0.2) is 0 Å². The summed E-state index contributed by atoms with van der Waals surface area (Å²) in [6.45, 7) is 6.20. The molecule has 0 heterocycles. The van der Waals surface area contributed by atoms with Gasteiger partial charge in [0.1, 0.15) is 0 Å². The number of halogens is 4. The highest BCUT2D eigenvalue weighted by Crippen LogP contribution is 2.47. The monoisotopic (exact) mass is 388 g/mol. The van der Waals surface area contributed by atoms with Gasteiger partial charge in [0.2, 0.25) is 0 Å². The van der Waals surface area contributed by atoms with Crippen LogP contribution in [0, 0.1) is 0 Å². The van der Waals surface area contributed by atoms with E-state index in [9.17, 15) is 8.78 Å². The minimum absolute atomic E-state index is 0.991. The van der Waals surface area contributed by atoms with E-state index in [4.69, 9.17) is 0 Å². The number of hydrogen-bond acceptors (Lipinski definition) is 0. The molecule has 0 aliphatic rings. The minimum atomic E-state index is -2.65. The Kier molecular flexibility index (Phi) is 3.62. The first-order chi connectivity index (χ1) is 4.50. The van der Waals surface area contributed by atoms with Gasteiger partial charge in [0.25, 0.3) is 5.92 Å². The van der Waals surface area contributed by atoms with Crippen molar-refractivity contribution in [3.63, 3.8) is 0 Å². The fourth-order valence-electron chi connectivity index (χ4n) is 0.707. The van der Waals surface area contributed by atoms with Gasteiger partial charge in [-0.2, -0.15) is 0 Å². The van der Waals surface area contributed by atoms with Crippen molar-refractivity contribution >= 4 is 45.2 Å². The molecule has 0 bridgehead atoms. The summed E-state index contributed by atoms with van der Waals surface area (Å²) in [6.07, 6.45) is 0. The second-order valence-electron chi connectivity index (χ2n) is 3.52. The van der Waals surface area contributed by atoms with Crippen LogP contribution in [0.5, 0.6) is 0 Å². The molecular formula is C7H12F2I2. The standard InChI is InChI=1S/C7H12F2I2/c1-5(2,10)7(8,9)6(3,4)11/h1-4H3.